The summed E-state index contributed by atoms with van der Waals surface area (Å²) in [6.45, 7) is 4.15. The number of ketones is 1. The van der Waals surface area contributed by atoms with Gasteiger partial charge in [-0.2, -0.15) is 0 Å². The lowest BCUT2D eigenvalue weighted by Crippen LogP contribution is -2.41. The normalized spacial score (nSPS) is 12.7. The van der Waals surface area contributed by atoms with Gasteiger partial charge in [0.1, 0.15) is 0 Å². The minimum absolute atomic E-state index is 0.00894. The molecule has 1 aromatic carbocycles. The molecule has 0 N–H and O–H groups in total. The van der Waals surface area contributed by atoms with Gasteiger partial charge in [-0.1, -0.05) is 23.7 Å². The van der Waals surface area contributed by atoms with Gasteiger partial charge in [-0.3, -0.25) is 9.69 Å². The summed E-state index contributed by atoms with van der Waals surface area (Å²) < 4.78 is 10.2. The minimum Gasteiger partial charge on any atom is -0.383 e. The first kappa shape index (κ1) is 17.1. The van der Waals surface area contributed by atoms with Gasteiger partial charge in [0.2, 0.25) is 0 Å². The Labute approximate surface area is 125 Å². The quantitative estimate of drug-likeness (QED) is 0.657. The molecule has 1 unspecified atom stereocenters. The topological polar surface area (TPSA) is 38.8 Å². The van der Waals surface area contributed by atoms with E-state index in [-0.39, 0.29) is 11.8 Å². The smallest absolute Gasteiger partial charge is 0.178 e. The van der Waals surface area contributed by atoms with E-state index in [2.05, 4.69) is 0 Å². The van der Waals surface area contributed by atoms with Crippen molar-refractivity contribution in [1.29, 1.82) is 0 Å². The molecule has 0 saturated heterocycles. The van der Waals surface area contributed by atoms with Gasteiger partial charge in [-0.05, 0) is 19.1 Å². The lowest BCUT2D eigenvalue weighted by molar-refractivity contribution is 0.0651. The molecule has 0 aliphatic heterocycles. The van der Waals surface area contributed by atoms with E-state index < -0.39 is 0 Å². The van der Waals surface area contributed by atoms with Crippen LogP contribution in [-0.2, 0) is 9.47 Å². The Morgan fingerprint density at radius 3 is 2.60 bits per heavy atom. The third-order valence-corrected chi connectivity index (χ3v) is 3.46. The molecule has 0 saturated carbocycles. The highest BCUT2D eigenvalue weighted by molar-refractivity contribution is 6.34. The van der Waals surface area contributed by atoms with Crippen LogP contribution < -0.4 is 0 Å². The number of rotatable bonds is 9. The standard InChI is InChI=1S/C15H22ClNO3/c1-12(11-20-3)17(8-9-19-2)10-15(18)13-6-4-5-7-14(13)16/h4-7,12H,8-11H2,1-3H3. The molecule has 4 nitrogen and oxygen atoms in total. The predicted octanol–water partition coefficient (Wildman–Crippen LogP) is 2.51. The molecule has 5 heteroatoms. The van der Waals surface area contributed by atoms with Crippen molar-refractivity contribution in [2.75, 3.05) is 40.5 Å². The van der Waals surface area contributed by atoms with E-state index in [0.717, 1.165) is 0 Å². The second kappa shape index (κ2) is 9.08. The molecular formula is C15H22ClNO3. The van der Waals surface area contributed by atoms with Crippen molar-refractivity contribution >= 4 is 17.4 Å². The number of hydrogen-bond donors (Lipinski definition) is 0. The monoisotopic (exact) mass is 299 g/mol. The number of nitrogens with zero attached hydrogens (tertiary/aromatic N) is 1. The molecule has 1 aromatic rings. The number of carbonyl (C=O) groups is 1. The van der Waals surface area contributed by atoms with Crippen LogP contribution in [-0.4, -0.2) is 57.2 Å². The first-order chi connectivity index (χ1) is 9.60. The maximum atomic E-state index is 12.3. The van der Waals surface area contributed by atoms with E-state index in [0.29, 0.717) is 36.9 Å². The van der Waals surface area contributed by atoms with E-state index in [4.69, 9.17) is 21.1 Å². The molecular weight excluding hydrogens is 278 g/mol. The van der Waals surface area contributed by atoms with Crippen molar-refractivity contribution in [2.24, 2.45) is 0 Å². The van der Waals surface area contributed by atoms with Crippen molar-refractivity contribution in [3.63, 3.8) is 0 Å². The summed E-state index contributed by atoms with van der Waals surface area (Å²) in [7, 11) is 3.30. The molecule has 1 rings (SSSR count). The molecule has 0 fully saturated rings. The maximum absolute atomic E-state index is 12.3. The van der Waals surface area contributed by atoms with Crippen LogP contribution in [0.15, 0.2) is 24.3 Å². The fourth-order valence-electron chi connectivity index (χ4n) is 1.97. The zero-order chi connectivity index (χ0) is 15.0. The molecule has 112 valence electrons. The Morgan fingerprint density at radius 1 is 1.30 bits per heavy atom. The van der Waals surface area contributed by atoms with E-state index in [1.165, 1.54) is 0 Å². The molecule has 0 aliphatic rings. The van der Waals surface area contributed by atoms with Gasteiger partial charge in [0.05, 0.1) is 24.8 Å². The molecule has 0 radical (unpaired) electrons. The summed E-state index contributed by atoms with van der Waals surface area (Å²) in [5, 5.41) is 0.489. The number of ether oxygens (including phenoxy) is 2. The average Bonchev–Trinajstić information content (AvgIpc) is 2.43. The van der Waals surface area contributed by atoms with Gasteiger partial charge in [0.25, 0.3) is 0 Å². The molecule has 0 aliphatic carbocycles. The molecule has 0 heterocycles. The number of benzene rings is 1. The number of halogens is 1. The molecule has 20 heavy (non-hydrogen) atoms. The second-order valence-corrected chi connectivity index (χ2v) is 5.08. The summed E-state index contributed by atoms with van der Waals surface area (Å²) in [6, 6.07) is 7.25. The van der Waals surface area contributed by atoms with Crippen LogP contribution >= 0.6 is 11.6 Å². The Hall–Kier alpha value is -0.940. The number of hydrogen-bond acceptors (Lipinski definition) is 4. The van der Waals surface area contributed by atoms with Gasteiger partial charge >= 0.3 is 0 Å². The molecule has 0 bridgehead atoms. The van der Waals surface area contributed by atoms with Crippen molar-refractivity contribution < 1.29 is 14.3 Å². The number of Topliss-reactive ketones (excluding diaryl/α,β-unsaturated/α-hetero) is 1. The van der Waals surface area contributed by atoms with Crippen LogP contribution in [0.25, 0.3) is 0 Å². The van der Waals surface area contributed by atoms with E-state index in [1.807, 2.05) is 24.0 Å². The zero-order valence-electron chi connectivity index (χ0n) is 12.3. The third kappa shape index (κ3) is 5.21. The lowest BCUT2D eigenvalue weighted by Gasteiger charge is -2.27. The van der Waals surface area contributed by atoms with Crippen LogP contribution in [0.3, 0.4) is 0 Å². The van der Waals surface area contributed by atoms with Crippen LogP contribution in [0.1, 0.15) is 17.3 Å². The van der Waals surface area contributed by atoms with Crippen molar-refractivity contribution in [2.45, 2.75) is 13.0 Å². The summed E-state index contributed by atoms with van der Waals surface area (Å²) in [5.74, 6) is 0.00894. The zero-order valence-corrected chi connectivity index (χ0v) is 13.0. The molecule has 0 spiro atoms. The van der Waals surface area contributed by atoms with Crippen LogP contribution in [0, 0.1) is 0 Å². The average molecular weight is 300 g/mol. The van der Waals surface area contributed by atoms with E-state index in [1.54, 1.807) is 26.4 Å². The predicted molar refractivity (Wildman–Crippen MR) is 80.6 cm³/mol. The van der Waals surface area contributed by atoms with Gasteiger partial charge in [0, 0.05) is 32.4 Å². The van der Waals surface area contributed by atoms with Crippen molar-refractivity contribution in [1.82, 2.24) is 4.90 Å². The molecule has 0 amide bonds. The number of carbonyl (C=O) groups excluding carboxylic acids is 1. The van der Waals surface area contributed by atoms with Crippen molar-refractivity contribution in [3.8, 4) is 0 Å². The van der Waals surface area contributed by atoms with Gasteiger partial charge < -0.3 is 9.47 Å². The third-order valence-electron chi connectivity index (χ3n) is 3.13. The van der Waals surface area contributed by atoms with Gasteiger partial charge in [0.15, 0.2) is 5.78 Å². The molecule has 0 aromatic heterocycles. The fraction of sp³-hybridized carbons (Fsp3) is 0.533. The Kier molecular flexibility index (Phi) is 7.77. The van der Waals surface area contributed by atoms with Crippen LogP contribution in [0.5, 0.6) is 0 Å². The Balaban J connectivity index is 2.73. The first-order valence-electron chi connectivity index (χ1n) is 6.59. The van der Waals surface area contributed by atoms with E-state index in [9.17, 15) is 4.79 Å². The summed E-state index contributed by atoms with van der Waals surface area (Å²) in [4.78, 5) is 14.4. The fourth-order valence-corrected chi connectivity index (χ4v) is 2.21. The second-order valence-electron chi connectivity index (χ2n) is 4.67. The highest BCUT2D eigenvalue weighted by Crippen LogP contribution is 2.16. The largest absolute Gasteiger partial charge is 0.383 e. The summed E-state index contributed by atoms with van der Waals surface area (Å²) in [6.07, 6.45) is 0. The van der Waals surface area contributed by atoms with Gasteiger partial charge in [-0.25, -0.2) is 0 Å². The van der Waals surface area contributed by atoms with Crippen molar-refractivity contribution in [3.05, 3.63) is 34.9 Å². The summed E-state index contributed by atoms with van der Waals surface area (Å²) in [5.41, 5.74) is 0.557. The van der Waals surface area contributed by atoms with Gasteiger partial charge in [-0.15, -0.1) is 0 Å². The maximum Gasteiger partial charge on any atom is 0.178 e. The van der Waals surface area contributed by atoms with Crippen LogP contribution in [0.4, 0.5) is 0 Å². The lowest BCUT2D eigenvalue weighted by atomic mass is 10.1. The first-order valence-corrected chi connectivity index (χ1v) is 6.97. The minimum atomic E-state index is 0.00894. The van der Waals surface area contributed by atoms with Crippen LogP contribution in [0.2, 0.25) is 5.02 Å². The molecule has 1 atom stereocenters. The SMILES string of the molecule is COCCN(CC(=O)c1ccccc1Cl)C(C)COC. The van der Waals surface area contributed by atoms with E-state index >= 15 is 0 Å². The number of methoxy groups -OCH3 is 2. The summed E-state index contributed by atoms with van der Waals surface area (Å²) >= 11 is 6.06. The Morgan fingerprint density at radius 2 is 2.00 bits per heavy atom. The highest BCUT2D eigenvalue weighted by atomic mass is 35.5. The Bertz CT molecular complexity index is 425. The highest BCUT2D eigenvalue weighted by Gasteiger charge is 2.19.